The lowest BCUT2D eigenvalue weighted by Crippen LogP contribution is -2.52. The van der Waals surface area contributed by atoms with Crippen molar-refractivity contribution in [1.82, 2.24) is 0 Å². The topological polar surface area (TPSA) is 97.3 Å². The largest absolute Gasteiger partial charge is 0.507 e. The van der Waals surface area contributed by atoms with Gasteiger partial charge in [-0.2, -0.15) is 0 Å². The Morgan fingerprint density at radius 2 is 1.94 bits per heavy atom. The lowest BCUT2D eigenvalue weighted by atomic mass is 9.76. The van der Waals surface area contributed by atoms with E-state index < -0.39 is 23.2 Å². The van der Waals surface area contributed by atoms with Crippen LogP contribution in [0.3, 0.4) is 0 Å². The van der Waals surface area contributed by atoms with Crippen LogP contribution in [-0.4, -0.2) is 48.1 Å². The number of phenolic OH excluding ortho intramolecular Hbond substituents is 1. The van der Waals surface area contributed by atoms with Gasteiger partial charge in [0.2, 0.25) is 0 Å². The number of hydrogen-bond donors (Lipinski definition) is 3. The van der Waals surface area contributed by atoms with Crippen molar-refractivity contribution >= 4 is 17.7 Å². The Kier molecular flexibility index (Phi) is 6.29. The lowest BCUT2D eigenvalue weighted by Gasteiger charge is -2.40. The maximum atomic E-state index is 12.8. The SMILES string of the molecule is C=C(C)C1CCC(C)(/C=C/c2ccc3c(c2O)[C@](O)(c2ccc(OC)cc2)[C@@H](OC)C(=O)N3)O1. The summed E-state index contributed by atoms with van der Waals surface area (Å²) in [5.41, 5.74) is -0.0732. The number of ether oxygens (including phenoxy) is 3. The van der Waals surface area contributed by atoms with Crippen molar-refractivity contribution in [3.8, 4) is 11.5 Å². The Morgan fingerprint density at radius 3 is 2.53 bits per heavy atom. The number of aliphatic hydroxyl groups is 1. The number of carbonyl (C=O) groups is 1. The number of benzene rings is 2. The minimum Gasteiger partial charge on any atom is -0.507 e. The van der Waals surface area contributed by atoms with Crippen molar-refractivity contribution in [3.05, 3.63) is 71.3 Å². The molecule has 34 heavy (non-hydrogen) atoms. The lowest BCUT2D eigenvalue weighted by molar-refractivity contribution is -0.142. The molecule has 1 amide bonds. The molecule has 4 atom stereocenters. The quantitative estimate of drug-likeness (QED) is 0.555. The third-order valence-corrected chi connectivity index (χ3v) is 6.71. The average Bonchev–Trinajstić information content (AvgIpc) is 3.21. The van der Waals surface area contributed by atoms with Crippen LogP contribution in [0.2, 0.25) is 0 Å². The molecule has 2 aromatic rings. The minimum absolute atomic E-state index is 0.00428. The maximum Gasteiger partial charge on any atom is 0.257 e. The number of aromatic hydroxyl groups is 1. The van der Waals surface area contributed by atoms with Gasteiger partial charge in [-0.25, -0.2) is 0 Å². The van der Waals surface area contributed by atoms with Crippen LogP contribution in [0.25, 0.3) is 6.08 Å². The molecule has 0 spiro atoms. The Labute approximate surface area is 199 Å². The van der Waals surface area contributed by atoms with Gasteiger partial charge < -0.3 is 29.7 Å². The fourth-order valence-corrected chi connectivity index (χ4v) is 4.77. The van der Waals surface area contributed by atoms with Gasteiger partial charge in [-0.05, 0) is 56.5 Å². The fourth-order valence-electron chi connectivity index (χ4n) is 4.77. The molecule has 2 aromatic carbocycles. The molecule has 4 rings (SSSR count). The molecule has 2 heterocycles. The molecule has 0 bridgehead atoms. The predicted molar refractivity (Wildman–Crippen MR) is 130 cm³/mol. The van der Waals surface area contributed by atoms with Crippen molar-refractivity contribution in [1.29, 1.82) is 0 Å². The van der Waals surface area contributed by atoms with Crippen LogP contribution in [0.5, 0.6) is 11.5 Å². The summed E-state index contributed by atoms with van der Waals surface area (Å²) in [5.74, 6) is -0.0542. The molecule has 180 valence electrons. The standard InChI is InChI=1S/C27H31NO6/c1-16(2)21-13-15-26(3,34-21)14-12-17-6-11-20-22(23(17)29)27(31,24(33-5)25(30)28-20)18-7-9-19(32-4)10-8-18/h6-12,14,21,24,29,31H,1,13,15H2,2-5H3,(H,28,30)/b14-12+/t21?,24-,26?,27+/m0/s1. The molecule has 7 heteroatoms. The van der Waals surface area contributed by atoms with E-state index in [4.69, 9.17) is 14.2 Å². The molecule has 0 aliphatic carbocycles. The summed E-state index contributed by atoms with van der Waals surface area (Å²) in [6.07, 6.45) is 4.13. The van der Waals surface area contributed by atoms with Gasteiger partial charge in [0.1, 0.15) is 11.5 Å². The van der Waals surface area contributed by atoms with Crippen molar-refractivity contribution in [2.24, 2.45) is 0 Å². The Hall–Kier alpha value is -3.13. The highest BCUT2D eigenvalue weighted by Gasteiger charge is 2.51. The predicted octanol–water partition coefficient (Wildman–Crippen LogP) is 4.13. The van der Waals surface area contributed by atoms with Gasteiger partial charge in [0.25, 0.3) is 5.91 Å². The molecule has 2 aliphatic rings. The highest BCUT2D eigenvalue weighted by molar-refractivity contribution is 6.00. The van der Waals surface area contributed by atoms with E-state index >= 15 is 0 Å². The van der Waals surface area contributed by atoms with Crippen LogP contribution in [-0.2, 0) is 19.9 Å². The fraction of sp³-hybridized carbons (Fsp3) is 0.370. The van der Waals surface area contributed by atoms with E-state index in [9.17, 15) is 15.0 Å². The third-order valence-electron chi connectivity index (χ3n) is 6.71. The van der Waals surface area contributed by atoms with Gasteiger partial charge in [0.15, 0.2) is 11.7 Å². The zero-order chi connectivity index (χ0) is 24.7. The monoisotopic (exact) mass is 465 g/mol. The third kappa shape index (κ3) is 4.00. The van der Waals surface area contributed by atoms with E-state index in [2.05, 4.69) is 11.9 Å². The summed E-state index contributed by atoms with van der Waals surface area (Å²) in [5, 5.41) is 26.0. The van der Waals surface area contributed by atoms with Gasteiger partial charge >= 0.3 is 0 Å². The molecule has 0 radical (unpaired) electrons. The van der Waals surface area contributed by atoms with Crippen LogP contribution in [0.4, 0.5) is 5.69 Å². The number of methoxy groups -OCH3 is 2. The normalized spacial score (nSPS) is 28.6. The van der Waals surface area contributed by atoms with Crippen LogP contribution < -0.4 is 10.1 Å². The molecule has 3 N–H and O–H groups in total. The molecular weight excluding hydrogens is 434 g/mol. The van der Waals surface area contributed by atoms with Gasteiger partial charge in [-0.3, -0.25) is 4.79 Å². The Bertz CT molecular complexity index is 1140. The summed E-state index contributed by atoms with van der Waals surface area (Å²) in [7, 11) is 2.89. The summed E-state index contributed by atoms with van der Waals surface area (Å²) in [6, 6.07) is 10.0. The zero-order valence-corrected chi connectivity index (χ0v) is 19.9. The summed E-state index contributed by atoms with van der Waals surface area (Å²) >= 11 is 0. The summed E-state index contributed by atoms with van der Waals surface area (Å²) in [4.78, 5) is 12.8. The first-order valence-corrected chi connectivity index (χ1v) is 11.2. The second-order valence-corrected chi connectivity index (χ2v) is 9.16. The van der Waals surface area contributed by atoms with Crippen molar-refractivity contribution in [3.63, 3.8) is 0 Å². The molecule has 7 nitrogen and oxygen atoms in total. The van der Waals surface area contributed by atoms with E-state index in [0.717, 1.165) is 18.4 Å². The molecule has 2 aliphatic heterocycles. The van der Waals surface area contributed by atoms with Gasteiger partial charge in [0.05, 0.1) is 30.1 Å². The average molecular weight is 466 g/mol. The smallest absolute Gasteiger partial charge is 0.257 e. The molecule has 1 fully saturated rings. The first-order chi connectivity index (χ1) is 16.1. The number of anilines is 1. The second kappa shape index (κ2) is 8.91. The number of phenols is 1. The minimum atomic E-state index is -1.93. The van der Waals surface area contributed by atoms with E-state index in [-0.39, 0.29) is 17.4 Å². The molecule has 2 unspecified atom stereocenters. The highest BCUT2D eigenvalue weighted by Crippen LogP contribution is 2.48. The summed E-state index contributed by atoms with van der Waals surface area (Å²) < 4.78 is 16.8. The number of hydrogen-bond acceptors (Lipinski definition) is 6. The van der Waals surface area contributed by atoms with Crippen LogP contribution in [0, 0.1) is 0 Å². The molecule has 1 saturated heterocycles. The highest BCUT2D eigenvalue weighted by atomic mass is 16.5. The Balaban J connectivity index is 1.79. The van der Waals surface area contributed by atoms with Crippen molar-refractivity contribution in [2.75, 3.05) is 19.5 Å². The first-order valence-electron chi connectivity index (χ1n) is 11.2. The number of nitrogens with one attached hydrogen (secondary N) is 1. The number of carbonyl (C=O) groups excluding carboxylic acids is 1. The van der Waals surface area contributed by atoms with Crippen LogP contribution in [0.15, 0.2) is 54.6 Å². The first kappa shape index (κ1) is 24.0. The Morgan fingerprint density at radius 1 is 1.24 bits per heavy atom. The van der Waals surface area contributed by atoms with Crippen LogP contribution >= 0.6 is 0 Å². The zero-order valence-electron chi connectivity index (χ0n) is 19.9. The molecule has 0 saturated carbocycles. The van der Waals surface area contributed by atoms with Crippen LogP contribution in [0.1, 0.15) is 43.4 Å². The molecule has 0 aromatic heterocycles. The molecular formula is C27H31NO6. The van der Waals surface area contributed by atoms with E-state index in [1.165, 1.54) is 7.11 Å². The van der Waals surface area contributed by atoms with Gasteiger partial charge in [-0.1, -0.05) is 36.4 Å². The van der Waals surface area contributed by atoms with Crippen molar-refractivity contribution in [2.45, 2.75) is 50.1 Å². The number of fused-ring (bicyclic) bond motifs is 1. The van der Waals surface area contributed by atoms with E-state index in [1.54, 1.807) is 49.6 Å². The summed E-state index contributed by atoms with van der Waals surface area (Å²) in [6.45, 7) is 7.94. The van der Waals surface area contributed by atoms with Gasteiger partial charge in [-0.15, -0.1) is 0 Å². The van der Waals surface area contributed by atoms with Crippen molar-refractivity contribution < 1.29 is 29.2 Å². The second-order valence-electron chi connectivity index (χ2n) is 9.16. The number of amides is 1. The maximum absolute atomic E-state index is 12.8. The van der Waals surface area contributed by atoms with E-state index in [1.807, 2.05) is 19.9 Å². The van der Waals surface area contributed by atoms with Gasteiger partial charge in [0, 0.05) is 12.7 Å². The number of rotatable bonds is 6. The van der Waals surface area contributed by atoms with E-state index in [0.29, 0.717) is 22.6 Å².